The van der Waals surface area contributed by atoms with Crippen LogP contribution in [0, 0.1) is 25.5 Å². The molecule has 3 aromatic rings. The second-order valence-electron chi connectivity index (χ2n) is 7.18. The Balaban J connectivity index is 2.04. The predicted octanol–water partition coefficient (Wildman–Crippen LogP) is 4.99. The zero-order valence-electron chi connectivity index (χ0n) is 17.4. The van der Waals surface area contributed by atoms with E-state index in [0.717, 1.165) is 35.1 Å². The van der Waals surface area contributed by atoms with Crippen molar-refractivity contribution >= 4 is 23.4 Å². The van der Waals surface area contributed by atoms with E-state index in [1.807, 2.05) is 32.9 Å². The normalized spacial score (nSPS) is 15.0. The number of hydrogen-bond acceptors (Lipinski definition) is 6. The Morgan fingerprint density at radius 1 is 1.19 bits per heavy atom. The van der Waals surface area contributed by atoms with Gasteiger partial charge in [-0.1, -0.05) is 30.3 Å². The molecule has 0 unspecified atom stereocenters. The average molecular weight is 442 g/mol. The summed E-state index contributed by atoms with van der Waals surface area (Å²) in [6.45, 7) is 7.06. The summed E-state index contributed by atoms with van der Waals surface area (Å²) in [5.74, 6) is -0.911. The number of hydrogen-bond donors (Lipinski definition) is 0. The van der Waals surface area contributed by atoms with Gasteiger partial charge in [-0.05, 0) is 49.4 Å². The lowest BCUT2D eigenvalue weighted by Crippen LogP contribution is -2.37. The maximum absolute atomic E-state index is 14.8. The second kappa shape index (κ2) is 8.22. The smallest absolute Gasteiger partial charge is 0.247 e. The zero-order chi connectivity index (χ0) is 22.3. The van der Waals surface area contributed by atoms with E-state index in [1.54, 1.807) is 0 Å². The molecule has 0 bridgehead atoms. The number of amides is 1. The van der Waals surface area contributed by atoms with Gasteiger partial charge in [0.15, 0.2) is 5.69 Å². The molecule has 9 heteroatoms. The number of aromatic nitrogens is 3. The molecule has 1 aliphatic heterocycles. The quantitative estimate of drug-likeness (QED) is 0.533. The van der Waals surface area contributed by atoms with Gasteiger partial charge in [0.05, 0.1) is 11.3 Å². The largest absolute Gasteiger partial charge is 0.447 e. The highest BCUT2D eigenvalue weighted by Crippen LogP contribution is 2.45. The lowest BCUT2D eigenvalue weighted by Gasteiger charge is -2.31. The minimum Gasteiger partial charge on any atom is -0.447 e. The highest BCUT2D eigenvalue weighted by molar-refractivity contribution is 7.99. The van der Waals surface area contributed by atoms with Crippen LogP contribution in [-0.2, 0) is 4.79 Å². The first-order chi connectivity index (χ1) is 14.8. The van der Waals surface area contributed by atoms with Crippen molar-refractivity contribution in [1.29, 1.82) is 0 Å². The molecule has 0 aliphatic carbocycles. The third-order valence-corrected chi connectivity index (χ3v) is 5.59. The second-order valence-corrected chi connectivity index (χ2v) is 8.42. The van der Waals surface area contributed by atoms with Crippen LogP contribution in [0.5, 0.6) is 5.88 Å². The summed E-state index contributed by atoms with van der Waals surface area (Å²) in [6, 6.07) is 6.82. The van der Waals surface area contributed by atoms with Crippen LogP contribution >= 0.6 is 11.8 Å². The molecule has 4 rings (SSSR count). The zero-order valence-corrected chi connectivity index (χ0v) is 18.3. The summed E-state index contributed by atoms with van der Waals surface area (Å²) in [4.78, 5) is 18.6. The molecule has 6 nitrogen and oxygen atoms in total. The van der Waals surface area contributed by atoms with Gasteiger partial charge >= 0.3 is 0 Å². The molecule has 1 aliphatic rings. The van der Waals surface area contributed by atoms with Crippen molar-refractivity contribution in [3.63, 3.8) is 0 Å². The molecule has 160 valence electrons. The fourth-order valence-electron chi connectivity index (χ4n) is 3.70. The van der Waals surface area contributed by atoms with E-state index in [9.17, 15) is 13.6 Å². The van der Waals surface area contributed by atoms with Gasteiger partial charge in [-0.25, -0.2) is 8.78 Å². The third kappa shape index (κ3) is 3.85. The van der Waals surface area contributed by atoms with E-state index < -0.39 is 23.8 Å². The van der Waals surface area contributed by atoms with Crippen molar-refractivity contribution in [2.24, 2.45) is 0 Å². The maximum Gasteiger partial charge on any atom is 0.247 e. The Hall–Kier alpha value is -3.07. The van der Waals surface area contributed by atoms with Gasteiger partial charge in [0, 0.05) is 12.5 Å². The molecule has 1 atom stereocenters. The molecule has 2 heterocycles. The molecular weight excluding hydrogens is 422 g/mol. The summed E-state index contributed by atoms with van der Waals surface area (Å²) in [5, 5.41) is 8.88. The highest BCUT2D eigenvalue weighted by Gasteiger charge is 2.37. The van der Waals surface area contributed by atoms with Crippen LogP contribution in [0.4, 0.5) is 14.5 Å². The Morgan fingerprint density at radius 3 is 2.68 bits per heavy atom. The minimum absolute atomic E-state index is 0.106. The number of fused-ring (bicyclic) bond motifs is 3. The topological polar surface area (TPSA) is 68.2 Å². The van der Waals surface area contributed by atoms with Crippen molar-refractivity contribution in [2.75, 3.05) is 10.7 Å². The van der Waals surface area contributed by atoms with Crippen LogP contribution in [0.15, 0.2) is 35.5 Å². The fraction of sp³-hybridized carbons (Fsp3) is 0.273. The number of anilines is 1. The molecule has 2 aromatic carbocycles. The predicted molar refractivity (Wildman–Crippen MR) is 114 cm³/mol. The SMILES string of the molecule is CCSc1nnc2c(n1)O[C@@H](c1cc(F)ccc1F)N(C(C)=O)c1c(C)cc(C)cc1-2. The Morgan fingerprint density at radius 2 is 1.97 bits per heavy atom. The third-order valence-electron chi connectivity index (χ3n) is 4.87. The number of nitrogens with zero attached hydrogens (tertiary/aromatic N) is 4. The average Bonchev–Trinajstić information content (AvgIpc) is 2.84. The van der Waals surface area contributed by atoms with Crippen LogP contribution in [0.1, 0.15) is 36.8 Å². The summed E-state index contributed by atoms with van der Waals surface area (Å²) in [6.07, 6.45) is -1.27. The summed E-state index contributed by atoms with van der Waals surface area (Å²) in [7, 11) is 0. The lowest BCUT2D eigenvalue weighted by molar-refractivity contribution is -0.118. The summed E-state index contributed by atoms with van der Waals surface area (Å²) in [5.41, 5.74) is 3.02. The molecule has 1 amide bonds. The number of carbonyl (C=O) groups excluding carboxylic acids is 1. The van der Waals surface area contributed by atoms with Crippen molar-refractivity contribution < 1.29 is 18.3 Å². The molecule has 0 saturated heterocycles. The molecule has 0 fully saturated rings. The minimum atomic E-state index is -1.27. The van der Waals surface area contributed by atoms with Crippen molar-refractivity contribution in [1.82, 2.24) is 15.2 Å². The van der Waals surface area contributed by atoms with Crippen LogP contribution in [0.2, 0.25) is 0 Å². The first-order valence-electron chi connectivity index (χ1n) is 9.70. The van der Waals surface area contributed by atoms with Gasteiger partial charge in [0.25, 0.3) is 0 Å². The van der Waals surface area contributed by atoms with Crippen molar-refractivity contribution in [3.8, 4) is 17.1 Å². The van der Waals surface area contributed by atoms with E-state index in [2.05, 4.69) is 15.2 Å². The molecule has 0 saturated carbocycles. The van der Waals surface area contributed by atoms with Gasteiger partial charge in [-0.15, -0.1) is 10.2 Å². The summed E-state index contributed by atoms with van der Waals surface area (Å²) < 4.78 is 34.9. The first kappa shape index (κ1) is 21.2. The van der Waals surface area contributed by atoms with Crippen molar-refractivity contribution in [3.05, 3.63) is 58.7 Å². The van der Waals surface area contributed by atoms with Gasteiger partial charge in [-0.3, -0.25) is 9.69 Å². The Kier molecular flexibility index (Phi) is 5.62. The first-order valence-corrected chi connectivity index (χ1v) is 10.7. The monoisotopic (exact) mass is 442 g/mol. The molecule has 0 radical (unpaired) electrons. The van der Waals surface area contributed by atoms with Crippen molar-refractivity contribution in [2.45, 2.75) is 39.1 Å². The van der Waals surface area contributed by atoms with Gasteiger partial charge in [-0.2, -0.15) is 4.98 Å². The van der Waals surface area contributed by atoms with Crippen LogP contribution in [0.3, 0.4) is 0 Å². The highest BCUT2D eigenvalue weighted by atomic mass is 32.2. The number of halogens is 2. The van der Waals surface area contributed by atoms with Crippen LogP contribution in [0.25, 0.3) is 11.3 Å². The van der Waals surface area contributed by atoms with E-state index in [-0.39, 0.29) is 11.4 Å². The molecular formula is C22H20F2N4O2S. The molecule has 1 aromatic heterocycles. The Labute approximate surface area is 182 Å². The number of aryl methyl sites for hydroxylation is 2. The van der Waals surface area contributed by atoms with Gasteiger partial charge in [0.1, 0.15) is 11.6 Å². The van der Waals surface area contributed by atoms with Gasteiger partial charge in [0.2, 0.25) is 23.2 Å². The fourth-order valence-corrected chi connectivity index (χ4v) is 4.21. The lowest BCUT2D eigenvalue weighted by atomic mass is 10.00. The number of ether oxygens (including phenoxy) is 1. The maximum atomic E-state index is 14.8. The van der Waals surface area contributed by atoms with E-state index >= 15 is 0 Å². The van der Waals surface area contributed by atoms with Crippen LogP contribution < -0.4 is 9.64 Å². The van der Waals surface area contributed by atoms with Crippen LogP contribution in [-0.4, -0.2) is 26.8 Å². The van der Waals surface area contributed by atoms with E-state index in [0.29, 0.717) is 22.1 Å². The number of carbonyl (C=O) groups is 1. The molecule has 31 heavy (non-hydrogen) atoms. The standard InChI is InChI=1S/C22H20F2N4O2S/c1-5-31-22-25-20-18(26-27-22)16-9-11(2)8-12(3)19(16)28(13(4)29)21(30-20)15-10-14(23)6-7-17(15)24/h6-10,21H,5H2,1-4H3/t21-/m0/s1. The summed E-state index contributed by atoms with van der Waals surface area (Å²) >= 11 is 1.37. The molecule has 0 spiro atoms. The Bertz CT molecular complexity index is 1190. The number of benzene rings is 2. The van der Waals surface area contributed by atoms with E-state index in [1.165, 1.54) is 23.6 Å². The number of thioether (sulfide) groups is 1. The van der Waals surface area contributed by atoms with E-state index in [4.69, 9.17) is 4.74 Å². The van der Waals surface area contributed by atoms with Gasteiger partial charge < -0.3 is 4.74 Å². The molecule has 0 N–H and O–H groups in total. The number of rotatable bonds is 3.